The van der Waals surface area contributed by atoms with Gasteiger partial charge in [-0.1, -0.05) is 67.5 Å². The van der Waals surface area contributed by atoms with Gasteiger partial charge in [-0.25, -0.2) is 0 Å². The van der Waals surface area contributed by atoms with E-state index in [4.69, 9.17) is 18.9 Å². The average molecular weight is 455 g/mol. The molecule has 1 spiro atoms. The highest BCUT2D eigenvalue weighted by molar-refractivity contribution is 5.26. The lowest BCUT2D eigenvalue weighted by Gasteiger charge is -2.50. The van der Waals surface area contributed by atoms with Gasteiger partial charge in [0.2, 0.25) is 0 Å². The van der Waals surface area contributed by atoms with E-state index in [1.165, 1.54) is 16.7 Å². The van der Waals surface area contributed by atoms with Crippen molar-refractivity contribution in [2.45, 2.75) is 84.2 Å². The van der Waals surface area contributed by atoms with E-state index in [0.717, 1.165) is 32.1 Å². The maximum atomic E-state index is 6.66. The van der Waals surface area contributed by atoms with Crippen LogP contribution in [0.15, 0.2) is 53.6 Å². The Morgan fingerprint density at radius 3 is 2.64 bits per heavy atom. The van der Waals surface area contributed by atoms with Crippen LogP contribution in [0, 0.1) is 17.3 Å². The van der Waals surface area contributed by atoms with Crippen molar-refractivity contribution in [2.75, 3.05) is 20.5 Å². The van der Waals surface area contributed by atoms with Crippen molar-refractivity contribution in [2.24, 2.45) is 17.3 Å². The first-order chi connectivity index (χ1) is 15.9. The molecule has 0 aromatic heterocycles. The molecule has 4 heteroatoms. The molecule has 1 heterocycles. The van der Waals surface area contributed by atoms with Gasteiger partial charge < -0.3 is 18.9 Å². The van der Waals surface area contributed by atoms with E-state index in [2.05, 4.69) is 64.1 Å². The number of rotatable bonds is 7. The van der Waals surface area contributed by atoms with Gasteiger partial charge in [-0.3, -0.25) is 0 Å². The molecule has 1 aromatic carbocycles. The Labute approximate surface area is 200 Å². The Morgan fingerprint density at radius 1 is 1.09 bits per heavy atom. The molecule has 33 heavy (non-hydrogen) atoms. The highest BCUT2D eigenvalue weighted by Gasteiger charge is 2.73. The second-order valence-corrected chi connectivity index (χ2v) is 10.8. The summed E-state index contributed by atoms with van der Waals surface area (Å²) in [6.45, 7) is 11.0. The minimum atomic E-state index is -0.339. The molecule has 1 aliphatic heterocycles. The summed E-state index contributed by atoms with van der Waals surface area (Å²) in [6, 6.07) is 10.5. The number of hydrogen-bond acceptors (Lipinski definition) is 4. The summed E-state index contributed by atoms with van der Waals surface area (Å²) < 4.78 is 24.8. The monoisotopic (exact) mass is 454 g/mol. The molecular formula is C29H42O4. The number of methoxy groups -OCH3 is 1. The molecule has 2 bridgehead atoms. The zero-order chi connectivity index (χ0) is 23.5. The Bertz CT molecular complexity index is 846. The van der Waals surface area contributed by atoms with Crippen LogP contribution >= 0.6 is 0 Å². The largest absolute Gasteiger partial charge is 0.376 e. The summed E-state index contributed by atoms with van der Waals surface area (Å²) in [6.07, 6.45) is 10.3. The number of fused-ring (bicyclic) bond motifs is 1. The third kappa shape index (κ3) is 5.14. The van der Waals surface area contributed by atoms with Crippen LogP contribution in [-0.2, 0) is 25.6 Å². The van der Waals surface area contributed by atoms with Crippen molar-refractivity contribution in [3.05, 3.63) is 59.2 Å². The van der Waals surface area contributed by atoms with Crippen LogP contribution in [0.1, 0.15) is 65.4 Å². The fourth-order valence-electron chi connectivity index (χ4n) is 6.17. The van der Waals surface area contributed by atoms with Crippen molar-refractivity contribution in [1.29, 1.82) is 0 Å². The molecule has 1 saturated heterocycles. The summed E-state index contributed by atoms with van der Waals surface area (Å²) in [4.78, 5) is 0. The maximum absolute atomic E-state index is 6.66. The second-order valence-electron chi connectivity index (χ2n) is 10.8. The average Bonchev–Trinajstić information content (AvgIpc) is 3.52. The van der Waals surface area contributed by atoms with Crippen molar-refractivity contribution in [3.8, 4) is 0 Å². The zero-order valence-corrected chi connectivity index (χ0v) is 21.1. The molecule has 6 atom stereocenters. The van der Waals surface area contributed by atoms with Crippen molar-refractivity contribution >= 4 is 0 Å². The van der Waals surface area contributed by atoms with Gasteiger partial charge in [0.1, 0.15) is 18.5 Å². The van der Waals surface area contributed by atoms with E-state index >= 15 is 0 Å². The van der Waals surface area contributed by atoms with E-state index in [9.17, 15) is 0 Å². The maximum Gasteiger partial charge on any atom is 0.147 e. The molecule has 0 amide bonds. The molecule has 2 fully saturated rings. The smallest absolute Gasteiger partial charge is 0.147 e. The van der Waals surface area contributed by atoms with E-state index in [0.29, 0.717) is 19.1 Å². The number of hydrogen-bond donors (Lipinski definition) is 0. The van der Waals surface area contributed by atoms with Crippen LogP contribution in [0.4, 0.5) is 0 Å². The number of epoxide rings is 1. The van der Waals surface area contributed by atoms with Gasteiger partial charge in [0.25, 0.3) is 0 Å². The molecule has 4 rings (SSSR count). The molecule has 0 radical (unpaired) electrons. The first kappa shape index (κ1) is 24.7. The molecular weight excluding hydrogens is 412 g/mol. The highest BCUT2D eigenvalue weighted by Crippen LogP contribution is 2.64. The fraction of sp³-hybridized carbons (Fsp3) is 0.655. The highest BCUT2D eigenvalue weighted by atomic mass is 16.7. The predicted molar refractivity (Wildman–Crippen MR) is 132 cm³/mol. The summed E-state index contributed by atoms with van der Waals surface area (Å²) >= 11 is 0. The predicted octanol–water partition coefficient (Wildman–Crippen LogP) is 6.46. The first-order valence-electron chi connectivity index (χ1n) is 12.6. The van der Waals surface area contributed by atoms with Gasteiger partial charge in [-0.15, -0.1) is 0 Å². The van der Waals surface area contributed by atoms with E-state index in [-0.39, 0.29) is 35.9 Å². The summed E-state index contributed by atoms with van der Waals surface area (Å²) in [5.41, 5.74) is 3.83. The minimum absolute atomic E-state index is 0.106. The Kier molecular flexibility index (Phi) is 7.80. The Morgan fingerprint density at radius 2 is 1.88 bits per heavy atom. The van der Waals surface area contributed by atoms with Gasteiger partial charge in [0.05, 0.1) is 19.3 Å². The van der Waals surface area contributed by atoms with Gasteiger partial charge in [0, 0.05) is 13.0 Å². The first-order valence-corrected chi connectivity index (χ1v) is 12.6. The van der Waals surface area contributed by atoms with Gasteiger partial charge >= 0.3 is 0 Å². The number of benzene rings is 1. The van der Waals surface area contributed by atoms with Crippen LogP contribution in [0.25, 0.3) is 0 Å². The molecule has 2 aliphatic carbocycles. The third-order valence-electron chi connectivity index (χ3n) is 8.56. The molecule has 0 N–H and O–H groups in total. The summed E-state index contributed by atoms with van der Waals surface area (Å²) in [5.74, 6) is 0.813. The van der Waals surface area contributed by atoms with Crippen LogP contribution in [0.3, 0.4) is 0 Å². The topological polar surface area (TPSA) is 40.2 Å². The minimum Gasteiger partial charge on any atom is -0.376 e. The number of ether oxygens (including phenoxy) is 4. The van der Waals surface area contributed by atoms with E-state index < -0.39 is 0 Å². The standard InChI is InChI=1S/C29H42O4/c1-21-10-9-11-22(2)16-26(32-20-30-5)29-25(19-31-18-24-12-7-6-8-13-24)28(4,15-14-21)23(3)17-27(29)33-29/h6-8,10,12-13,16,23,25-27H,9,11,14-15,17-20H2,1-5H3/b21-10+,22-16+/t23-,25-,26?,27-,28+,29-/m1/s1. The molecule has 1 saturated carbocycles. The van der Waals surface area contributed by atoms with Crippen LogP contribution in [0.5, 0.6) is 0 Å². The number of allylic oxidation sites excluding steroid dienone is 3. The molecule has 4 nitrogen and oxygen atoms in total. The van der Waals surface area contributed by atoms with Gasteiger partial charge in [-0.2, -0.15) is 0 Å². The molecule has 1 unspecified atom stereocenters. The van der Waals surface area contributed by atoms with Crippen LogP contribution < -0.4 is 0 Å². The van der Waals surface area contributed by atoms with E-state index in [1.807, 2.05) is 6.07 Å². The third-order valence-corrected chi connectivity index (χ3v) is 8.56. The Hall–Kier alpha value is -1.46. The van der Waals surface area contributed by atoms with Crippen LogP contribution in [0.2, 0.25) is 0 Å². The van der Waals surface area contributed by atoms with Crippen molar-refractivity contribution in [1.82, 2.24) is 0 Å². The lowest BCUT2D eigenvalue weighted by Crippen LogP contribution is -2.55. The molecule has 3 aliphatic rings. The van der Waals surface area contributed by atoms with Gasteiger partial charge in [-0.05, 0) is 62.8 Å². The lowest BCUT2D eigenvalue weighted by molar-refractivity contribution is -0.125. The summed E-state index contributed by atoms with van der Waals surface area (Å²) in [7, 11) is 1.69. The second kappa shape index (κ2) is 10.4. The van der Waals surface area contributed by atoms with Crippen molar-refractivity contribution < 1.29 is 18.9 Å². The molecule has 1 aromatic rings. The SMILES string of the molecule is COCOC1/C=C(\C)CC/C=C(\C)CC[C@@]2(C)[C@H](C)C[C@H]3O[C@]13[C@@H]2COCc1ccccc1. The van der Waals surface area contributed by atoms with Crippen LogP contribution in [-0.4, -0.2) is 38.3 Å². The lowest BCUT2D eigenvalue weighted by atomic mass is 9.55. The normalized spacial score (nSPS) is 39.8. The quantitative estimate of drug-likeness (QED) is 0.269. The zero-order valence-electron chi connectivity index (χ0n) is 21.1. The molecule has 182 valence electrons. The Balaban J connectivity index is 1.67. The summed E-state index contributed by atoms with van der Waals surface area (Å²) in [5, 5.41) is 0. The fourth-order valence-corrected chi connectivity index (χ4v) is 6.17. The van der Waals surface area contributed by atoms with Gasteiger partial charge in [0.15, 0.2) is 0 Å². The van der Waals surface area contributed by atoms with Crippen molar-refractivity contribution in [3.63, 3.8) is 0 Å². The van der Waals surface area contributed by atoms with E-state index in [1.54, 1.807) is 7.11 Å².